The number of rotatable bonds is 5. The molecule has 1 aliphatic heterocycles. The zero-order chi connectivity index (χ0) is 15.3. The molecule has 2 rings (SSSR count). The van der Waals surface area contributed by atoms with Gasteiger partial charge in [0.05, 0.1) is 10.6 Å². The Balaban J connectivity index is 1.78. The van der Waals surface area contributed by atoms with Crippen molar-refractivity contribution in [2.24, 2.45) is 0 Å². The number of nitrogens with zero attached hydrogens (tertiary/aromatic N) is 1. The minimum Gasteiger partial charge on any atom is -0.381 e. The van der Waals surface area contributed by atoms with Crippen molar-refractivity contribution < 1.29 is 17.9 Å². The van der Waals surface area contributed by atoms with Gasteiger partial charge in [-0.3, -0.25) is 0 Å². The molecule has 0 bridgehead atoms. The predicted molar refractivity (Wildman–Crippen MR) is 76.8 cm³/mol. The van der Waals surface area contributed by atoms with Gasteiger partial charge in [0.2, 0.25) is 0 Å². The Labute approximate surface area is 130 Å². The number of hydrogen-bond donors (Lipinski definition) is 1. The smallest absolute Gasteiger partial charge is 0.381 e. The summed E-state index contributed by atoms with van der Waals surface area (Å²) in [5, 5.41) is 3.87. The number of thioether (sulfide) groups is 1. The average Bonchev–Trinajstić information content (AvgIpc) is 2.45. The fourth-order valence-corrected chi connectivity index (χ4v) is 3.07. The van der Waals surface area contributed by atoms with E-state index in [0.717, 1.165) is 44.9 Å². The summed E-state index contributed by atoms with van der Waals surface area (Å²) in [5.74, 6) is 0.704. The maximum atomic E-state index is 12.5. The van der Waals surface area contributed by atoms with Crippen LogP contribution < -0.4 is 5.32 Å². The molecule has 118 valence electrons. The Bertz CT molecular complexity index is 467. The van der Waals surface area contributed by atoms with E-state index in [2.05, 4.69) is 10.3 Å². The summed E-state index contributed by atoms with van der Waals surface area (Å²) in [6, 6.07) is 1.37. The molecule has 1 fully saturated rings. The quantitative estimate of drug-likeness (QED) is 0.656. The highest BCUT2D eigenvalue weighted by Crippen LogP contribution is 2.33. The molecule has 0 aliphatic carbocycles. The van der Waals surface area contributed by atoms with E-state index < -0.39 is 11.7 Å². The number of alkyl halides is 3. The first-order valence-corrected chi connectivity index (χ1v) is 8.00. The zero-order valence-corrected chi connectivity index (χ0v) is 12.8. The van der Waals surface area contributed by atoms with Crippen molar-refractivity contribution in [2.75, 3.05) is 25.5 Å². The first kappa shape index (κ1) is 16.9. The Morgan fingerprint density at radius 3 is 2.71 bits per heavy atom. The van der Waals surface area contributed by atoms with Crippen LogP contribution in [-0.2, 0) is 10.9 Å². The maximum Gasteiger partial charge on any atom is 0.417 e. The Hall–Kier alpha value is -0.500. The molecule has 0 radical (unpaired) electrons. The first-order valence-electron chi connectivity index (χ1n) is 6.63. The lowest BCUT2D eigenvalue weighted by atomic mass is 10.1. The molecule has 0 aromatic carbocycles. The van der Waals surface area contributed by atoms with E-state index in [9.17, 15) is 13.2 Å². The van der Waals surface area contributed by atoms with Gasteiger partial charge in [-0.2, -0.15) is 13.2 Å². The monoisotopic (exact) mass is 340 g/mol. The Morgan fingerprint density at radius 2 is 2.10 bits per heavy atom. The number of nitrogens with one attached hydrogen (secondary N) is 1. The van der Waals surface area contributed by atoms with Crippen LogP contribution >= 0.6 is 23.4 Å². The Kier molecular flexibility index (Phi) is 6.16. The van der Waals surface area contributed by atoms with Crippen molar-refractivity contribution in [2.45, 2.75) is 30.1 Å². The van der Waals surface area contributed by atoms with Crippen molar-refractivity contribution in [1.82, 2.24) is 10.3 Å². The van der Waals surface area contributed by atoms with Crippen molar-refractivity contribution in [3.63, 3.8) is 0 Å². The van der Waals surface area contributed by atoms with Gasteiger partial charge in [0, 0.05) is 37.8 Å². The average molecular weight is 341 g/mol. The molecule has 2 heterocycles. The number of aromatic nitrogens is 1. The lowest BCUT2D eigenvalue weighted by Crippen LogP contribution is -2.36. The molecule has 0 unspecified atom stereocenters. The molecule has 1 saturated heterocycles. The summed E-state index contributed by atoms with van der Waals surface area (Å²) < 4.78 is 42.7. The maximum absolute atomic E-state index is 12.5. The number of ether oxygens (including phenoxy) is 1. The van der Waals surface area contributed by atoms with Crippen molar-refractivity contribution in [1.29, 1.82) is 0 Å². The molecule has 0 atom stereocenters. The van der Waals surface area contributed by atoms with E-state index in [1.54, 1.807) is 0 Å². The summed E-state index contributed by atoms with van der Waals surface area (Å²) in [6.45, 7) is 2.31. The summed E-state index contributed by atoms with van der Waals surface area (Å²) in [5.41, 5.74) is -0.822. The minimum atomic E-state index is -4.41. The summed E-state index contributed by atoms with van der Waals surface area (Å²) >= 11 is 7.19. The van der Waals surface area contributed by atoms with Crippen LogP contribution in [0, 0.1) is 0 Å². The molecular weight excluding hydrogens is 325 g/mol. The topological polar surface area (TPSA) is 34.2 Å². The SMILES string of the molecule is FC(F)(F)c1cnc(SCCNC2CCOCC2)c(Cl)c1. The molecule has 8 heteroatoms. The zero-order valence-electron chi connectivity index (χ0n) is 11.3. The van der Waals surface area contributed by atoms with Gasteiger partial charge < -0.3 is 10.1 Å². The fourth-order valence-electron chi connectivity index (χ4n) is 2.00. The number of pyridine rings is 1. The molecule has 21 heavy (non-hydrogen) atoms. The van der Waals surface area contributed by atoms with Crippen LogP contribution in [0.2, 0.25) is 5.02 Å². The molecule has 0 spiro atoms. The largest absolute Gasteiger partial charge is 0.417 e. The highest BCUT2D eigenvalue weighted by atomic mass is 35.5. The summed E-state index contributed by atoms with van der Waals surface area (Å²) in [6.07, 6.45) is -1.61. The van der Waals surface area contributed by atoms with E-state index >= 15 is 0 Å². The third-order valence-electron chi connectivity index (χ3n) is 3.13. The van der Waals surface area contributed by atoms with E-state index in [1.165, 1.54) is 11.8 Å². The predicted octanol–water partition coefficient (Wildman–Crippen LogP) is 3.61. The normalized spacial score (nSPS) is 17.1. The van der Waals surface area contributed by atoms with Gasteiger partial charge >= 0.3 is 6.18 Å². The first-order chi connectivity index (χ1) is 9.97. The van der Waals surface area contributed by atoms with Crippen LogP contribution in [-0.4, -0.2) is 36.5 Å². The molecule has 0 amide bonds. The lowest BCUT2D eigenvalue weighted by molar-refractivity contribution is -0.137. The van der Waals surface area contributed by atoms with E-state index in [4.69, 9.17) is 16.3 Å². The van der Waals surface area contributed by atoms with Gasteiger partial charge in [-0.1, -0.05) is 11.6 Å². The second-order valence-electron chi connectivity index (χ2n) is 4.70. The third-order valence-corrected chi connectivity index (χ3v) is 4.54. The molecule has 1 N–H and O–H groups in total. The molecule has 1 aliphatic rings. The number of halogens is 4. The fraction of sp³-hybridized carbons (Fsp3) is 0.615. The molecular formula is C13H16ClF3N2OS. The summed E-state index contributed by atoms with van der Waals surface area (Å²) in [4.78, 5) is 3.79. The summed E-state index contributed by atoms with van der Waals surface area (Å²) in [7, 11) is 0. The van der Waals surface area contributed by atoms with Crippen LogP contribution in [0.15, 0.2) is 17.3 Å². The van der Waals surface area contributed by atoms with Crippen molar-refractivity contribution in [3.8, 4) is 0 Å². The van der Waals surface area contributed by atoms with Gasteiger partial charge in [-0.05, 0) is 18.9 Å². The van der Waals surface area contributed by atoms with Crippen LogP contribution in [0.25, 0.3) is 0 Å². The minimum absolute atomic E-state index is 0.0425. The van der Waals surface area contributed by atoms with Crippen LogP contribution in [0.3, 0.4) is 0 Å². The van der Waals surface area contributed by atoms with Gasteiger partial charge in [-0.25, -0.2) is 4.98 Å². The van der Waals surface area contributed by atoms with Crippen LogP contribution in [0.4, 0.5) is 13.2 Å². The molecule has 3 nitrogen and oxygen atoms in total. The molecule has 1 aromatic heterocycles. The second kappa shape index (κ2) is 7.67. The van der Waals surface area contributed by atoms with Gasteiger partial charge in [0.15, 0.2) is 0 Å². The van der Waals surface area contributed by atoms with Gasteiger partial charge in [-0.15, -0.1) is 11.8 Å². The van der Waals surface area contributed by atoms with Crippen LogP contribution in [0.5, 0.6) is 0 Å². The standard InChI is InChI=1S/C13H16ClF3N2OS/c14-11-7-9(13(15,16)17)8-19-12(11)21-6-3-18-10-1-4-20-5-2-10/h7-8,10,18H,1-6H2. The lowest BCUT2D eigenvalue weighted by Gasteiger charge is -2.23. The third kappa shape index (κ3) is 5.32. The van der Waals surface area contributed by atoms with Crippen molar-refractivity contribution >= 4 is 23.4 Å². The molecule has 0 saturated carbocycles. The second-order valence-corrected chi connectivity index (χ2v) is 6.19. The highest BCUT2D eigenvalue weighted by Gasteiger charge is 2.31. The Morgan fingerprint density at radius 1 is 1.38 bits per heavy atom. The van der Waals surface area contributed by atoms with Crippen molar-refractivity contribution in [3.05, 3.63) is 22.8 Å². The number of hydrogen-bond acceptors (Lipinski definition) is 4. The van der Waals surface area contributed by atoms with Gasteiger partial charge in [0.1, 0.15) is 5.03 Å². The van der Waals surface area contributed by atoms with Crippen LogP contribution in [0.1, 0.15) is 18.4 Å². The molecule has 1 aromatic rings. The van der Waals surface area contributed by atoms with Gasteiger partial charge in [0.25, 0.3) is 0 Å². The van der Waals surface area contributed by atoms with E-state index in [1.807, 2.05) is 0 Å². The highest BCUT2D eigenvalue weighted by molar-refractivity contribution is 7.99. The van der Waals surface area contributed by atoms with E-state index in [-0.39, 0.29) is 5.02 Å². The van der Waals surface area contributed by atoms with E-state index in [0.29, 0.717) is 16.8 Å².